The van der Waals surface area contributed by atoms with Crippen LogP contribution in [0.1, 0.15) is 29.8 Å². The number of para-hydroxylation sites is 1. The second-order valence-electron chi connectivity index (χ2n) is 7.09. The zero-order valence-corrected chi connectivity index (χ0v) is 17.9. The minimum atomic E-state index is -3.73. The number of carbonyl (C=O) groups is 1. The van der Waals surface area contributed by atoms with Crippen molar-refractivity contribution in [2.24, 2.45) is 0 Å². The molecule has 1 amide bonds. The van der Waals surface area contributed by atoms with Crippen LogP contribution in [0.5, 0.6) is 5.75 Å². The van der Waals surface area contributed by atoms with Crippen molar-refractivity contribution in [3.63, 3.8) is 0 Å². The van der Waals surface area contributed by atoms with Gasteiger partial charge in [0.25, 0.3) is 15.9 Å². The second-order valence-corrected chi connectivity index (χ2v) is 8.78. The largest absolute Gasteiger partial charge is 0.491 e. The third-order valence-corrected chi connectivity index (χ3v) is 5.67. The van der Waals surface area contributed by atoms with Crippen LogP contribution in [0.15, 0.2) is 77.7 Å². The van der Waals surface area contributed by atoms with Gasteiger partial charge < -0.3 is 10.1 Å². The maximum absolute atomic E-state index is 12.6. The molecule has 0 aromatic heterocycles. The highest BCUT2D eigenvalue weighted by molar-refractivity contribution is 7.92. The van der Waals surface area contributed by atoms with Crippen LogP contribution in [-0.2, 0) is 10.0 Å². The van der Waals surface area contributed by atoms with E-state index >= 15 is 0 Å². The molecule has 2 N–H and O–H groups in total. The SMILES string of the molecule is Cc1cc(OC(C)C)ccc1NC(=O)c1ccc(S(=O)(=O)Nc2ccccc2)cc1. The van der Waals surface area contributed by atoms with E-state index < -0.39 is 10.0 Å². The molecule has 6 nitrogen and oxygen atoms in total. The van der Waals surface area contributed by atoms with Gasteiger partial charge in [0.15, 0.2) is 0 Å². The van der Waals surface area contributed by atoms with E-state index in [1.54, 1.807) is 42.5 Å². The lowest BCUT2D eigenvalue weighted by molar-refractivity contribution is 0.102. The molecule has 0 radical (unpaired) electrons. The Balaban J connectivity index is 1.71. The van der Waals surface area contributed by atoms with Gasteiger partial charge in [-0.05, 0) is 80.9 Å². The van der Waals surface area contributed by atoms with Gasteiger partial charge in [0.05, 0.1) is 11.0 Å². The van der Waals surface area contributed by atoms with E-state index in [-0.39, 0.29) is 16.9 Å². The summed E-state index contributed by atoms with van der Waals surface area (Å²) in [4.78, 5) is 12.7. The van der Waals surface area contributed by atoms with Crippen LogP contribution in [-0.4, -0.2) is 20.4 Å². The average molecular weight is 425 g/mol. The van der Waals surface area contributed by atoms with Gasteiger partial charge in [-0.2, -0.15) is 0 Å². The number of aryl methyl sites for hydroxylation is 1. The monoisotopic (exact) mass is 424 g/mol. The first kappa shape index (κ1) is 21.4. The number of anilines is 2. The van der Waals surface area contributed by atoms with Gasteiger partial charge in [-0.1, -0.05) is 18.2 Å². The Morgan fingerprint density at radius 3 is 2.20 bits per heavy atom. The fraction of sp³-hybridized carbons (Fsp3) is 0.174. The maximum Gasteiger partial charge on any atom is 0.261 e. The molecular weight excluding hydrogens is 400 g/mol. The highest BCUT2D eigenvalue weighted by Crippen LogP contribution is 2.23. The van der Waals surface area contributed by atoms with E-state index in [2.05, 4.69) is 10.0 Å². The van der Waals surface area contributed by atoms with E-state index in [4.69, 9.17) is 4.74 Å². The summed E-state index contributed by atoms with van der Waals surface area (Å²) in [6.45, 7) is 5.78. The summed E-state index contributed by atoms with van der Waals surface area (Å²) in [7, 11) is -3.73. The van der Waals surface area contributed by atoms with Gasteiger partial charge in [0.1, 0.15) is 5.75 Å². The Bertz CT molecular complexity index is 1130. The Hall–Kier alpha value is -3.32. The van der Waals surface area contributed by atoms with Crippen molar-refractivity contribution in [1.29, 1.82) is 0 Å². The first-order valence-corrected chi connectivity index (χ1v) is 11.0. The molecule has 0 aliphatic carbocycles. The van der Waals surface area contributed by atoms with Gasteiger partial charge in [-0.15, -0.1) is 0 Å². The standard InChI is InChI=1S/C23H24N2O4S/c1-16(2)29-20-11-14-22(17(3)15-20)24-23(26)18-9-12-21(13-10-18)30(27,28)25-19-7-5-4-6-8-19/h4-16,25H,1-3H3,(H,24,26). The van der Waals surface area contributed by atoms with E-state index in [0.717, 1.165) is 11.3 Å². The summed E-state index contributed by atoms with van der Waals surface area (Å²) < 4.78 is 33.2. The van der Waals surface area contributed by atoms with E-state index in [1.807, 2.05) is 26.8 Å². The van der Waals surface area contributed by atoms with Crippen molar-refractivity contribution in [3.05, 3.63) is 83.9 Å². The van der Waals surface area contributed by atoms with Crippen LogP contribution in [0.3, 0.4) is 0 Å². The van der Waals surface area contributed by atoms with Crippen molar-refractivity contribution >= 4 is 27.3 Å². The topological polar surface area (TPSA) is 84.5 Å². The summed E-state index contributed by atoms with van der Waals surface area (Å²) in [5, 5.41) is 2.85. The Kier molecular flexibility index (Phi) is 6.42. The number of sulfonamides is 1. The molecule has 3 aromatic carbocycles. The third-order valence-electron chi connectivity index (χ3n) is 4.27. The number of ether oxygens (including phenoxy) is 1. The molecule has 0 aliphatic heterocycles. The van der Waals surface area contributed by atoms with Crippen LogP contribution in [0.25, 0.3) is 0 Å². The van der Waals surface area contributed by atoms with E-state index in [0.29, 0.717) is 16.9 Å². The molecule has 30 heavy (non-hydrogen) atoms. The molecule has 156 valence electrons. The molecule has 7 heteroatoms. The fourth-order valence-corrected chi connectivity index (χ4v) is 3.88. The Morgan fingerprint density at radius 2 is 1.60 bits per heavy atom. The molecule has 0 atom stereocenters. The number of rotatable bonds is 7. The van der Waals surface area contributed by atoms with E-state index in [1.165, 1.54) is 24.3 Å². The van der Waals surface area contributed by atoms with Crippen LogP contribution >= 0.6 is 0 Å². The van der Waals surface area contributed by atoms with Crippen LogP contribution in [0.2, 0.25) is 0 Å². The molecule has 0 saturated heterocycles. The number of hydrogen-bond acceptors (Lipinski definition) is 4. The molecule has 0 bridgehead atoms. The van der Waals surface area contributed by atoms with Crippen LogP contribution < -0.4 is 14.8 Å². The second kappa shape index (κ2) is 9.00. The number of nitrogens with one attached hydrogen (secondary N) is 2. The van der Waals surface area contributed by atoms with Crippen molar-refractivity contribution in [3.8, 4) is 5.75 Å². The molecular formula is C23H24N2O4S. The van der Waals surface area contributed by atoms with Crippen molar-refractivity contribution in [2.75, 3.05) is 10.0 Å². The highest BCUT2D eigenvalue weighted by atomic mass is 32.2. The molecule has 3 aromatic rings. The van der Waals surface area contributed by atoms with Gasteiger partial charge in [0.2, 0.25) is 0 Å². The summed E-state index contributed by atoms with van der Waals surface area (Å²) in [6, 6.07) is 19.9. The summed E-state index contributed by atoms with van der Waals surface area (Å²) in [5.74, 6) is 0.413. The smallest absolute Gasteiger partial charge is 0.261 e. The summed E-state index contributed by atoms with van der Waals surface area (Å²) in [6.07, 6.45) is 0.0658. The zero-order chi connectivity index (χ0) is 21.7. The molecule has 3 rings (SSSR count). The highest BCUT2D eigenvalue weighted by Gasteiger charge is 2.15. The minimum Gasteiger partial charge on any atom is -0.491 e. The molecule has 0 saturated carbocycles. The van der Waals surface area contributed by atoms with Crippen molar-refractivity contribution < 1.29 is 17.9 Å². The molecule has 0 spiro atoms. The summed E-state index contributed by atoms with van der Waals surface area (Å²) in [5.41, 5.74) is 2.36. The minimum absolute atomic E-state index is 0.0658. The first-order valence-electron chi connectivity index (χ1n) is 9.51. The molecule has 0 heterocycles. The summed E-state index contributed by atoms with van der Waals surface area (Å²) >= 11 is 0. The van der Waals surface area contributed by atoms with Crippen LogP contribution in [0, 0.1) is 6.92 Å². The average Bonchev–Trinajstić information content (AvgIpc) is 2.70. The number of amides is 1. The lowest BCUT2D eigenvalue weighted by Crippen LogP contribution is -2.15. The van der Waals surface area contributed by atoms with Gasteiger partial charge in [0, 0.05) is 16.9 Å². The van der Waals surface area contributed by atoms with Crippen LogP contribution in [0.4, 0.5) is 11.4 Å². The molecule has 0 fully saturated rings. The number of benzene rings is 3. The molecule has 0 aliphatic rings. The predicted molar refractivity (Wildman–Crippen MR) is 119 cm³/mol. The Morgan fingerprint density at radius 1 is 0.933 bits per heavy atom. The Labute approximate surface area is 177 Å². The zero-order valence-electron chi connectivity index (χ0n) is 17.0. The van der Waals surface area contributed by atoms with E-state index in [9.17, 15) is 13.2 Å². The van der Waals surface area contributed by atoms with Crippen molar-refractivity contribution in [1.82, 2.24) is 0 Å². The number of carbonyl (C=O) groups excluding carboxylic acids is 1. The quantitative estimate of drug-likeness (QED) is 0.569. The fourth-order valence-electron chi connectivity index (χ4n) is 2.82. The lowest BCUT2D eigenvalue weighted by atomic mass is 10.1. The number of hydrogen-bond donors (Lipinski definition) is 2. The maximum atomic E-state index is 12.6. The van der Waals surface area contributed by atoms with Gasteiger partial charge >= 0.3 is 0 Å². The van der Waals surface area contributed by atoms with Gasteiger partial charge in [-0.25, -0.2) is 8.42 Å². The predicted octanol–water partition coefficient (Wildman–Crippen LogP) is 4.84. The van der Waals surface area contributed by atoms with Gasteiger partial charge in [-0.3, -0.25) is 9.52 Å². The normalized spacial score (nSPS) is 11.2. The first-order chi connectivity index (χ1) is 14.2. The lowest BCUT2D eigenvalue weighted by Gasteiger charge is -2.13. The van der Waals surface area contributed by atoms with Crippen molar-refractivity contribution in [2.45, 2.75) is 31.8 Å². The molecule has 0 unspecified atom stereocenters. The third kappa shape index (κ3) is 5.39.